The van der Waals surface area contributed by atoms with E-state index in [1.54, 1.807) is 25.6 Å². The highest BCUT2D eigenvalue weighted by Crippen LogP contribution is 2.36. The van der Waals surface area contributed by atoms with Crippen LogP contribution in [0, 0.1) is 6.92 Å². The molecule has 1 aromatic heterocycles. The Balaban J connectivity index is 1.16. The van der Waals surface area contributed by atoms with Crippen molar-refractivity contribution in [3.05, 3.63) is 59.7 Å². The highest BCUT2D eigenvalue weighted by molar-refractivity contribution is 7.22. The van der Waals surface area contributed by atoms with Gasteiger partial charge < -0.3 is 19.7 Å². The number of rotatable bonds is 7. The highest BCUT2D eigenvalue weighted by atomic mass is 32.1. The van der Waals surface area contributed by atoms with Crippen molar-refractivity contribution >= 4 is 43.4 Å². The second-order valence-electron chi connectivity index (χ2n) is 8.74. The fourth-order valence-electron chi connectivity index (χ4n) is 4.55. The van der Waals surface area contributed by atoms with Crippen LogP contribution in [0.5, 0.6) is 11.5 Å². The number of benzene rings is 3. The summed E-state index contributed by atoms with van der Waals surface area (Å²) in [4.78, 5) is 22.5. The standard InChI is InChI=1S/C27H30N4O3S/c1-18-8-9-22(33-2)24-25(18)35-27(29-24)31-14-12-30(13-15-31)11-10-28-26(32)21-16-19-6-4-5-7-20(19)17-23(21)34-3/h4-9,16-17H,10-15H2,1-3H3,(H,28,32). The van der Waals surface area contributed by atoms with Crippen molar-refractivity contribution < 1.29 is 14.3 Å². The molecular weight excluding hydrogens is 460 g/mol. The molecular formula is C27H30N4O3S. The Kier molecular flexibility index (Phi) is 6.74. The number of anilines is 1. The lowest BCUT2D eigenvalue weighted by atomic mass is 10.1. The summed E-state index contributed by atoms with van der Waals surface area (Å²) in [6.45, 7) is 7.20. The molecule has 0 spiro atoms. The normalized spacial score (nSPS) is 14.4. The number of carbonyl (C=O) groups is 1. The van der Waals surface area contributed by atoms with E-state index in [0.717, 1.165) is 59.9 Å². The largest absolute Gasteiger partial charge is 0.496 e. The van der Waals surface area contributed by atoms with Gasteiger partial charge in [-0.2, -0.15) is 0 Å². The van der Waals surface area contributed by atoms with Crippen molar-refractivity contribution in [2.45, 2.75) is 6.92 Å². The SMILES string of the molecule is COc1cc2ccccc2cc1C(=O)NCCN1CCN(c2nc3c(OC)ccc(C)c3s2)CC1. The molecule has 35 heavy (non-hydrogen) atoms. The fourth-order valence-corrected chi connectivity index (χ4v) is 5.65. The van der Waals surface area contributed by atoms with Gasteiger partial charge >= 0.3 is 0 Å². The third-order valence-corrected chi connectivity index (χ3v) is 7.83. The van der Waals surface area contributed by atoms with Gasteiger partial charge in [0.1, 0.15) is 17.0 Å². The third-order valence-electron chi connectivity index (χ3n) is 6.58. The van der Waals surface area contributed by atoms with Crippen LogP contribution in [0.3, 0.4) is 0 Å². The number of nitrogens with one attached hydrogen (secondary N) is 1. The summed E-state index contributed by atoms with van der Waals surface area (Å²) in [6, 6.07) is 15.9. The van der Waals surface area contributed by atoms with Crippen LogP contribution in [-0.2, 0) is 0 Å². The van der Waals surface area contributed by atoms with E-state index in [-0.39, 0.29) is 5.91 Å². The number of amides is 1. The first-order valence-corrected chi connectivity index (χ1v) is 12.7. The van der Waals surface area contributed by atoms with Crippen molar-refractivity contribution in [3.8, 4) is 11.5 Å². The summed E-state index contributed by atoms with van der Waals surface area (Å²) in [6.07, 6.45) is 0. The quantitative estimate of drug-likeness (QED) is 0.416. The Hall–Kier alpha value is -3.36. The maximum Gasteiger partial charge on any atom is 0.255 e. The Morgan fingerprint density at radius 3 is 2.43 bits per heavy atom. The van der Waals surface area contributed by atoms with Gasteiger partial charge in [0.2, 0.25) is 0 Å². The number of aromatic nitrogens is 1. The zero-order chi connectivity index (χ0) is 24.4. The van der Waals surface area contributed by atoms with Gasteiger partial charge in [-0.3, -0.25) is 9.69 Å². The number of fused-ring (bicyclic) bond motifs is 2. The Morgan fingerprint density at radius 1 is 1.00 bits per heavy atom. The molecule has 0 aliphatic carbocycles. The molecule has 1 amide bonds. The van der Waals surface area contributed by atoms with Gasteiger partial charge in [-0.15, -0.1) is 0 Å². The number of methoxy groups -OCH3 is 2. The van der Waals surface area contributed by atoms with Crippen LogP contribution >= 0.6 is 11.3 Å². The highest BCUT2D eigenvalue weighted by Gasteiger charge is 2.21. The van der Waals surface area contributed by atoms with Gasteiger partial charge in [0.05, 0.1) is 24.5 Å². The van der Waals surface area contributed by atoms with E-state index in [0.29, 0.717) is 17.9 Å². The first kappa shape index (κ1) is 23.4. The molecule has 1 saturated heterocycles. The van der Waals surface area contributed by atoms with Crippen molar-refractivity contribution in [1.82, 2.24) is 15.2 Å². The molecule has 5 rings (SSSR count). The van der Waals surface area contributed by atoms with Crippen LogP contribution in [0.15, 0.2) is 48.5 Å². The summed E-state index contributed by atoms with van der Waals surface area (Å²) < 4.78 is 12.2. The summed E-state index contributed by atoms with van der Waals surface area (Å²) in [5, 5.41) is 6.19. The van der Waals surface area contributed by atoms with E-state index >= 15 is 0 Å². The topological polar surface area (TPSA) is 66.9 Å². The lowest BCUT2D eigenvalue weighted by molar-refractivity contribution is 0.0945. The van der Waals surface area contributed by atoms with Gasteiger partial charge in [0.25, 0.3) is 5.91 Å². The number of carbonyl (C=O) groups excluding carboxylic acids is 1. The number of nitrogens with zero attached hydrogens (tertiary/aromatic N) is 3. The average molecular weight is 491 g/mol. The molecule has 1 aliphatic heterocycles. The molecule has 1 aliphatic rings. The maximum atomic E-state index is 12.9. The molecule has 0 radical (unpaired) electrons. The van der Waals surface area contributed by atoms with E-state index < -0.39 is 0 Å². The van der Waals surface area contributed by atoms with E-state index in [9.17, 15) is 4.79 Å². The predicted octanol–water partition coefficient (Wildman–Crippen LogP) is 4.33. The first-order chi connectivity index (χ1) is 17.1. The summed E-state index contributed by atoms with van der Waals surface area (Å²) in [7, 11) is 3.29. The van der Waals surface area contributed by atoms with E-state index in [4.69, 9.17) is 14.5 Å². The molecule has 2 heterocycles. The van der Waals surface area contributed by atoms with E-state index in [1.807, 2.05) is 42.5 Å². The molecule has 4 aromatic rings. The summed E-state index contributed by atoms with van der Waals surface area (Å²) >= 11 is 1.73. The molecule has 0 bridgehead atoms. The minimum absolute atomic E-state index is 0.106. The van der Waals surface area contributed by atoms with Gasteiger partial charge in [0, 0.05) is 39.3 Å². The minimum Gasteiger partial charge on any atom is -0.496 e. The maximum absolute atomic E-state index is 12.9. The van der Waals surface area contributed by atoms with Crippen molar-refractivity contribution in [3.63, 3.8) is 0 Å². The number of hydrogen-bond donors (Lipinski definition) is 1. The average Bonchev–Trinajstić information content (AvgIpc) is 3.35. The van der Waals surface area contributed by atoms with Gasteiger partial charge in [-0.25, -0.2) is 4.98 Å². The molecule has 0 saturated carbocycles. The molecule has 7 nitrogen and oxygen atoms in total. The second-order valence-corrected chi connectivity index (χ2v) is 9.72. The van der Waals surface area contributed by atoms with Crippen LogP contribution in [0.4, 0.5) is 5.13 Å². The van der Waals surface area contributed by atoms with E-state index in [2.05, 4.69) is 28.1 Å². The van der Waals surface area contributed by atoms with Gasteiger partial charge in [-0.1, -0.05) is 41.7 Å². The van der Waals surface area contributed by atoms with Gasteiger partial charge in [-0.05, 0) is 41.5 Å². The van der Waals surface area contributed by atoms with Crippen LogP contribution in [0.25, 0.3) is 21.0 Å². The Labute approximate surface area is 209 Å². The zero-order valence-electron chi connectivity index (χ0n) is 20.3. The third kappa shape index (κ3) is 4.76. The Bertz CT molecular complexity index is 1360. The molecule has 3 aromatic carbocycles. The Morgan fingerprint density at radius 2 is 1.71 bits per heavy atom. The fraction of sp³-hybridized carbons (Fsp3) is 0.333. The van der Waals surface area contributed by atoms with Crippen LogP contribution in [-0.4, -0.2) is 69.3 Å². The summed E-state index contributed by atoms with van der Waals surface area (Å²) in [5.74, 6) is 1.31. The number of aryl methyl sites for hydroxylation is 1. The van der Waals surface area contributed by atoms with Crippen molar-refractivity contribution in [1.29, 1.82) is 0 Å². The summed E-state index contributed by atoms with van der Waals surface area (Å²) in [5.41, 5.74) is 2.74. The monoisotopic (exact) mass is 490 g/mol. The van der Waals surface area contributed by atoms with E-state index in [1.165, 1.54) is 10.3 Å². The lowest BCUT2D eigenvalue weighted by Crippen LogP contribution is -2.48. The van der Waals surface area contributed by atoms with Crippen LogP contribution < -0.4 is 19.7 Å². The number of piperazine rings is 1. The molecule has 1 fully saturated rings. The van der Waals surface area contributed by atoms with Crippen LogP contribution in [0.1, 0.15) is 15.9 Å². The van der Waals surface area contributed by atoms with Crippen LogP contribution in [0.2, 0.25) is 0 Å². The first-order valence-electron chi connectivity index (χ1n) is 11.8. The number of hydrogen-bond acceptors (Lipinski definition) is 7. The zero-order valence-corrected chi connectivity index (χ0v) is 21.2. The number of thiazole rings is 1. The molecule has 182 valence electrons. The molecule has 1 N–H and O–H groups in total. The van der Waals surface area contributed by atoms with Crippen molar-refractivity contribution in [2.75, 3.05) is 58.4 Å². The predicted molar refractivity (Wildman–Crippen MR) is 142 cm³/mol. The molecule has 0 atom stereocenters. The number of ether oxygens (including phenoxy) is 2. The lowest BCUT2D eigenvalue weighted by Gasteiger charge is -2.34. The van der Waals surface area contributed by atoms with Crippen molar-refractivity contribution in [2.24, 2.45) is 0 Å². The smallest absolute Gasteiger partial charge is 0.255 e. The molecule has 0 unspecified atom stereocenters. The molecule has 8 heteroatoms. The van der Waals surface area contributed by atoms with Gasteiger partial charge in [0.15, 0.2) is 5.13 Å². The minimum atomic E-state index is -0.106. The second kappa shape index (κ2) is 10.1.